The lowest BCUT2D eigenvalue weighted by Crippen LogP contribution is -2.29. The Kier molecular flexibility index (Phi) is 4.12. The van der Waals surface area contributed by atoms with Crippen LogP contribution in [0.15, 0.2) is 54.6 Å². The lowest BCUT2D eigenvalue weighted by atomic mass is 9.88. The molecule has 20 heavy (non-hydrogen) atoms. The summed E-state index contributed by atoms with van der Waals surface area (Å²) in [5, 5.41) is 3.28. The molecule has 0 spiro atoms. The van der Waals surface area contributed by atoms with Gasteiger partial charge in [0.1, 0.15) is 6.17 Å². The van der Waals surface area contributed by atoms with Gasteiger partial charge >= 0.3 is 0 Å². The SMILES string of the molecule is FC(c1ccc(-c2ccccc2)cc1)C1CCNCC1. The summed E-state index contributed by atoms with van der Waals surface area (Å²) in [7, 11) is 0. The third-order valence-corrected chi connectivity index (χ3v) is 4.13. The third kappa shape index (κ3) is 2.91. The van der Waals surface area contributed by atoms with Crippen molar-refractivity contribution in [1.29, 1.82) is 0 Å². The summed E-state index contributed by atoms with van der Waals surface area (Å²) in [4.78, 5) is 0. The van der Waals surface area contributed by atoms with Crippen LogP contribution in [0.1, 0.15) is 24.6 Å². The average Bonchev–Trinajstić information content (AvgIpc) is 2.56. The highest BCUT2D eigenvalue weighted by Crippen LogP contribution is 2.33. The standard InChI is InChI=1S/C18H20FN/c19-18(17-10-12-20-13-11-17)16-8-6-15(7-9-16)14-4-2-1-3-5-14/h1-9,17-18,20H,10-13H2. The minimum atomic E-state index is -0.832. The molecule has 1 atom stereocenters. The van der Waals surface area contributed by atoms with Crippen molar-refractivity contribution in [2.45, 2.75) is 19.0 Å². The zero-order valence-corrected chi connectivity index (χ0v) is 11.6. The van der Waals surface area contributed by atoms with Gasteiger partial charge in [0.25, 0.3) is 0 Å². The molecule has 1 nitrogen and oxygen atoms in total. The first-order chi connectivity index (χ1) is 9.84. The van der Waals surface area contributed by atoms with Crippen LogP contribution in [-0.2, 0) is 0 Å². The lowest BCUT2D eigenvalue weighted by molar-refractivity contribution is 0.190. The first-order valence-corrected chi connectivity index (χ1v) is 7.35. The second-order valence-electron chi connectivity index (χ2n) is 5.48. The Morgan fingerprint density at radius 3 is 2.10 bits per heavy atom. The van der Waals surface area contributed by atoms with Gasteiger partial charge in [0.05, 0.1) is 0 Å². The molecule has 1 heterocycles. The van der Waals surface area contributed by atoms with E-state index in [2.05, 4.69) is 17.4 Å². The van der Waals surface area contributed by atoms with Gasteiger partial charge in [0.15, 0.2) is 0 Å². The molecule has 1 saturated heterocycles. The molecule has 0 amide bonds. The average molecular weight is 269 g/mol. The Bertz CT molecular complexity index is 529. The van der Waals surface area contributed by atoms with E-state index in [-0.39, 0.29) is 5.92 Å². The van der Waals surface area contributed by atoms with Gasteiger partial charge in [-0.1, -0.05) is 54.6 Å². The Balaban J connectivity index is 1.75. The van der Waals surface area contributed by atoms with Crippen LogP contribution >= 0.6 is 0 Å². The van der Waals surface area contributed by atoms with Gasteiger partial charge in [0.2, 0.25) is 0 Å². The molecule has 0 bridgehead atoms. The molecule has 1 aliphatic rings. The molecule has 0 radical (unpaired) electrons. The summed E-state index contributed by atoms with van der Waals surface area (Å²) < 4.78 is 14.5. The van der Waals surface area contributed by atoms with Crippen molar-refractivity contribution >= 4 is 0 Å². The highest BCUT2D eigenvalue weighted by atomic mass is 19.1. The Morgan fingerprint density at radius 2 is 1.45 bits per heavy atom. The van der Waals surface area contributed by atoms with Gasteiger partial charge in [-0.05, 0) is 48.5 Å². The van der Waals surface area contributed by atoms with Gasteiger partial charge in [-0.3, -0.25) is 0 Å². The van der Waals surface area contributed by atoms with E-state index < -0.39 is 6.17 Å². The fraction of sp³-hybridized carbons (Fsp3) is 0.333. The van der Waals surface area contributed by atoms with E-state index in [9.17, 15) is 4.39 Å². The fourth-order valence-corrected chi connectivity index (χ4v) is 2.90. The molecule has 0 aromatic heterocycles. The highest BCUT2D eigenvalue weighted by Gasteiger charge is 2.24. The maximum Gasteiger partial charge on any atom is 0.128 e. The van der Waals surface area contributed by atoms with Crippen LogP contribution < -0.4 is 5.32 Å². The molecule has 2 aromatic carbocycles. The van der Waals surface area contributed by atoms with Crippen LogP contribution in [0.4, 0.5) is 4.39 Å². The number of hydrogen-bond acceptors (Lipinski definition) is 1. The fourth-order valence-electron chi connectivity index (χ4n) is 2.90. The first kappa shape index (κ1) is 13.3. The summed E-state index contributed by atoms with van der Waals surface area (Å²) in [6, 6.07) is 18.1. The van der Waals surface area contributed by atoms with Gasteiger partial charge in [0, 0.05) is 0 Å². The van der Waals surface area contributed by atoms with Crippen molar-refractivity contribution in [3.63, 3.8) is 0 Å². The lowest BCUT2D eigenvalue weighted by Gasteiger charge is -2.26. The summed E-state index contributed by atoms with van der Waals surface area (Å²) in [6.45, 7) is 1.88. The summed E-state index contributed by atoms with van der Waals surface area (Å²) in [5.41, 5.74) is 3.14. The molecule has 2 heteroatoms. The predicted molar refractivity (Wildman–Crippen MR) is 81.3 cm³/mol. The minimum Gasteiger partial charge on any atom is -0.317 e. The molecule has 1 unspecified atom stereocenters. The maximum atomic E-state index is 14.5. The largest absolute Gasteiger partial charge is 0.317 e. The van der Waals surface area contributed by atoms with Crippen LogP contribution in [0.25, 0.3) is 11.1 Å². The number of piperidine rings is 1. The number of benzene rings is 2. The van der Waals surface area contributed by atoms with E-state index >= 15 is 0 Å². The second-order valence-corrected chi connectivity index (χ2v) is 5.48. The molecule has 0 aliphatic carbocycles. The number of halogens is 1. The summed E-state index contributed by atoms with van der Waals surface area (Å²) in [6.07, 6.45) is 1.03. The Morgan fingerprint density at radius 1 is 0.850 bits per heavy atom. The number of hydrogen-bond donors (Lipinski definition) is 1. The Labute approximate surface area is 119 Å². The van der Waals surface area contributed by atoms with Crippen LogP contribution in [0.5, 0.6) is 0 Å². The monoisotopic (exact) mass is 269 g/mol. The van der Waals surface area contributed by atoms with Crippen molar-refractivity contribution < 1.29 is 4.39 Å². The third-order valence-electron chi connectivity index (χ3n) is 4.13. The number of nitrogens with one attached hydrogen (secondary N) is 1. The second kappa shape index (κ2) is 6.19. The summed E-state index contributed by atoms with van der Waals surface area (Å²) in [5.74, 6) is 0.166. The molecular weight excluding hydrogens is 249 g/mol. The molecule has 2 aromatic rings. The molecule has 104 valence electrons. The molecular formula is C18H20FN. The van der Waals surface area contributed by atoms with E-state index in [1.807, 2.05) is 42.5 Å². The van der Waals surface area contributed by atoms with Crippen molar-refractivity contribution in [1.82, 2.24) is 5.32 Å². The van der Waals surface area contributed by atoms with Crippen molar-refractivity contribution in [2.75, 3.05) is 13.1 Å². The van der Waals surface area contributed by atoms with Crippen LogP contribution in [0.2, 0.25) is 0 Å². The predicted octanol–water partition coefficient (Wildman–Crippen LogP) is 4.36. The minimum absolute atomic E-state index is 0.166. The molecule has 3 rings (SSSR count). The van der Waals surface area contributed by atoms with E-state index in [1.165, 1.54) is 5.56 Å². The maximum absolute atomic E-state index is 14.5. The van der Waals surface area contributed by atoms with Crippen molar-refractivity contribution in [2.24, 2.45) is 5.92 Å². The zero-order valence-electron chi connectivity index (χ0n) is 11.6. The Hall–Kier alpha value is -1.67. The highest BCUT2D eigenvalue weighted by molar-refractivity contribution is 5.63. The zero-order chi connectivity index (χ0) is 13.8. The normalized spacial score (nSPS) is 17.9. The quantitative estimate of drug-likeness (QED) is 0.872. The van der Waals surface area contributed by atoms with Gasteiger partial charge in [-0.2, -0.15) is 0 Å². The van der Waals surface area contributed by atoms with E-state index in [1.54, 1.807) is 0 Å². The van der Waals surface area contributed by atoms with E-state index in [0.717, 1.165) is 37.1 Å². The summed E-state index contributed by atoms with van der Waals surface area (Å²) >= 11 is 0. The van der Waals surface area contributed by atoms with Crippen LogP contribution in [0, 0.1) is 5.92 Å². The van der Waals surface area contributed by atoms with Gasteiger partial charge in [-0.25, -0.2) is 4.39 Å². The molecule has 0 saturated carbocycles. The van der Waals surface area contributed by atoms with E-state index in [4.69, 9.17) is 0 Å². The number of rotatable bonds is 3. The van der Waals surface area contributed by atoms with E-state index in [0.29, 0.717) is 0 Å². The van der Waals surface area contributed by atoms with Gasteiger partial charge in [-0.15, -0.1) is 0 Å². The van der Waals surface area contributed by atoms with Crippen LogP contribution in [0.3, 0.4) is 0 Å². The molecule has 1 N–H and O–H groups in total. The molecule has 1 aliphatic heterocycles. The van der Waals surface area contributed by atoms with Crippen molar-refractivity contribution in [3.8, 4) is 11.1 Å². The van der Waals surface area contributed by atoms with Crippen molar-refractivity contribution in [3.05, 3.63) is 60.2 Å². The molecule has 1 fully saturated rings. The number of alkyl halides is 1. The first-order valence-electron chi connectivity index (χ1n) is 7.35. The van der Waals surface area contributed by atoms with Crippen LogP contribution in [-0.4, -0.2) is 13.1 Å². The smallest absolute Gasteiger partial charge is 0.128 e. The van der Waals surface area contributed by atoms with Gasteiger partial charge < -0.3 is 5.32 Å². The topological polar surface area (TPSA) is 12.0 Å².